The maximum Gasteiger partial charge on any atom is 0.434 e. The molecule has 0 N–H and O–H groups in total. The highest BCUT2D eigenvalue weighted by molar-refractivity contribution is 6.31. The van der Waals surface area contributed by atoms with Crippen molar-refractivity contribution >= 4 is 11.6 Å². The van der Waals surface area contributed by atoms with Gasteiger partial charge < -0.3 is 0 Å². The van der Waals surface area contributed by atoms with Gasteiger partial charge in [-0.1, -0.05) is 35.4 Å². The maximum absolute atomic E-state index is 14.0. The quantitative estimate of drug-likeness (QED) is 0.479. The average molecular weight is 419 g/mol. The zero-order chi connectivity index (χ0) is 20.8. The second kappa shape index (κ2) is 7.00. The molecule has 4 aromatic rings. The van der Waals surface area contributed by atoms with Crippen LogP contribution in [0.25, 0.3) is 22.8 Å². The first-order valence-electron chi connectivity index (χ1n) is 8.53. The van der Waals surface area contributed by atoms with Crippen LogP contribution in [0.2, 0.25) is 5.02 Å². The summed E-state index contributed by atoms with van der Waals surface area (Å²) in [7, 11) is 0. The summed E-state index contributed by atoms with van der Waals surface area (Å²) in [6, 6.07) is 11.7. The minimum absolute atomic E-state index is 0.0642. The number of hydrogen-bond donors (Lipinski definition) is 0. The second-order valence-corrected chi connectivity index (χ2v) is 6.91. The Hall–Kier alpha value is -3.20. The third-order valence-corrected chi connectivity index (χ3v) is 4.83. The van der Waals surface area contributed by atoms with Crippen molar-refractivity contribution in [1.29, 1.82) is 0 Å². The van der Waals surface area contributed by atoms with E-state index in [1.54, 1.807) is 25.1 Å². The molecule has 2 aromatic carbocycles. The fourth-order valence-corrected chi connectivity index (χ4v) is 3.08. The van der Waals surface area contributed by atoms with Gasteiger partial charge in [-0.15, -0.1) is 5.10 Å². The van der Waals surface area contributed by atoms with Crippen molar-refractivity contribution in [1.82, 2.24) is 30.0 Å². The van der Waals surface area contributed by atoms with Gasteiger partial charge in [-0.25, -0.2) is 4.68 Å². The Kier molecular flexibility index (Phi) is 4.62. The minimum Gasteiger partial charge on any atom is -0.228 e. The van der Waals surface area contributed by atoms with Crippen LogP contribution in [0.1, 0.15) is 16.8 Å². The lowest BCUT2D eigenvalue weighted by Crippen LogP contribution is -2.15. The van der Waals surface area contributed by atoms with Crippen molar-refractivity contribution < 1.29 is 13.2 Å². The standard InChI is InChI=1S/C19H14ClF3N6/c1-11-3-6-13(7-4-11)29-18(25-26-27-29)15-10-24-28(17(15)19(21,22)23)14-8-5-12(2)16(20)9-14/h3-10H,1-2H3. The summed E-state index contributed by atoms with van der Waals surface area (Å²) < 4.78 is 44.1. The molecule has 2 heterocycles. The van der Waals surface area contributed by atoms with E-state index in [0.29, 0.717) is 10.7 Å². The summed E-state index contributed by atoms with van der Waals surface area (Å²) in [6.07, 6.45) is -3.60. The Morgan fingerprint density at radius 1 is 0.931 bits per heavy atom. The molecule has 0 bridgehead atoms. The lowest BCUT2D eigenvalue weighted by atomic mass is 10.2. The number of rotatable bonds is 3. The molecule has 0 radical (unpaired) electrons. The molecular formula is C19H14ClF3N6. The van der Waals surface area contributed by atoms with E-state index in [9.17, 15) is 13.2 Å². The van der Waals surface area contributed by atoms with Gasteiger partial charge >= 0.3 is 6.18 Å². The van der Waals surface area contributed by atoms with Gasteiger partial charge in [-0.3, -0.25) is 0 Å². The van der Waals surface area contributed by atoms with Gasteiger partial charge in [0.25, 0.3) is 0 Å². The highest BCUT2D eigenvalue weighted by atomic mass is 35.5. The smallest absolute Gasteiger partial charge is 0.228 e. The Bertz CT molecular complexity index is 1180. The number of hydrogen-bond acceptors (Lipinski definition) is 4. The first-order valence-corrected chi connectivity index (χ1v) is 8.91. The van der Waals surface area contributed by atoms with E-state index in [0.717, 1.165) is 22.0 Å². The van der Waals surface area contributed by atoms with Crippen LogP contribution < -0.4 is 0 Å². The predicted octanol–water partition coefficient (Wildman–Crippen LogP) is 4.80. The molecule has 10 heteroatoms. The first-order chi connectivity index (χ1) is 13.8. The molecule has 4 rings (SSSR count). The third-order valence-electron chi connectivity index (χ3n) is 4.43. The van der Waals surface area contributed by atoms with Crippen molar-refractivity contribution in [3.8, 4) is 22.8 Å². The van der Waals surface area contributed by atoms with E-state index in [1.807, 2.05) is 19.1 Å². The highest BCUT2D eigenvalue weighted by Gasteiger charge is 2.40. The van der Waals surface area contributed by atoms with Crippen LogP contribution in [-0.2, 0) is 6.18 Å². The van der Waals surface area contributed by atoms with Crippen LogP contribution in [0, 0.1) is 13.8 Å². The second-order valence-electron chi connectivity index (χ2n) is 6.50. The molecule has 0 amide bonds. The molecule has 0 atom stereocenters. The van der Waals surface area contributed by atoms with E-state index in [-0.39, 0.29) is 17.1 Å². The summed E-state index contributed by atoms with van der Waals surface area (Å²) in [5.41, 5.74) is 1.26. The lowest BCUT2D eigenvalue weighted by Gasteiger charge is -2.13. The molecule has 0 saturated heterocycles. The van der Waals surface area contributed by atoms with Crippen LogP contribution in [0.3, 0.4) is 0 Å². The highest BCUT2D eigenvalue weighted by Crippen LogP contribution is 2.38. The van der Waals surface area contributed by atoms with Gasteiger partial charge in [-0.2, -0.15) is 23.0 Å². The number of tetrazole rings is 1. The molecule has 148 valence electrons. The zero-order valence-electron chi connectivity index (χ0n) is 15.3. The minimum atomic E-state index is -4.70. The zero-order valence-corrected chi connectivity index (χ0v) is 16.1. The molecule has 0 aliphatic heterocycles. The van der Waals surface area contributed by atoms with Gasteiger partial charge in [0, 0.05) is 5.02 Å². The van der Waals surface area contributed by atoms with Crippen LogP contribution in [0.15, 0.2) is 48.7 Å². The number of alkyl halides is 3. The van der Waals surface area contributed by atoms with E-state index in [4.69, 9.17) is 11.6 Å². The van der Waals surface area contributed by atoms with Crippen LogP contribution >= 0.6 is 11.6 Å². The van der Waals surface area contributed by atoms with E-state index < -0.39 is 11.9 Å². The van der Waals surface area contributed by atoms with Crippen molar-refractivity contribution in [3.63, 3.8) is 0 Å². The predicted molar refractivity (Wildman–Crippen MR) is 101 cm³/mol. The number of aromatic nitrogens is 6. The van der Waals surface area contributed by atoms with Gasteiger partial charge in [0.15, 0.2) is 11.5 Å². The van der Waals surface area contributed by atoms with E-state index in [1.165, 1.54) is 16.8 Å². The van der Waals surface area contributed by atoms with Gasteiger partial charge in [-0.05, 0) is 54.1 Å². The number of halogens is 4. The van der Waals surface area contributed by atoms with Crippen LogP contribution in [0.5, 0.6) is 0 Å². The van der Waals surface area contributed by atoms with Gasteiger partial charge in [0.1, 0.15) is 0 Å². The first kappa shape index (κ1) is 19.1. The van der Waals surface area contributed by atoms with Crippen molar-refractivity contribution in [2.75, 3.05) is 0 Å². The molecule has 0 spiro atoms. The Labute approximate surface area is 168 Å². The topological polar surface area (TPSA) is 61.4 Å². The van der Waals surface area contributed by atoms with Crippen molar-refractivity contribution in [3.05, 3.63) is 70.5 Å². The average Bonchev–Trinajstić information content (AvgIpc) is 3.31. The molecule has 0 unspecified atom stereocenters. The molecule has 2 aromatic heterocycles. The van der Waals surface area contributed by atoms with Gasteiger partial charge in [0.2, 0.25) is 0 Å². The largest absolute Gasteiger partial charge is 0.434 e. The third kappa shape index (κ3) is 3.49. The van der Waals surface area contributed by atoms with Crippen LogP contribution in [-0.4, -0.2) is 30.0 Å². The molecule has 0 fully saturated rings. The molecule has 0 saturated carbocycles. The van der Waals surface area contributed by atoms with Crippen molar-refractivity contribution in [2.45, 2.75) is 20.0 Å². The molecule has 6 nitrogen and oxygen atoms in total. The van der Waals surface area contributed by atoms with E-state index in [2.05, 4.69) is 20.6 Å². The monoisotopic (exact) mass is 418 g/mol. The Morgan fingerprint density at radius 3 is 2.28 bits per heavy atom. The lowest BCUT2D eigenvalue weighted by molar-refractivity contribution is -0.142. The summed E-state index contributed by atoms with van der Waals surface area (Å²) in [5, 5.41) is 15.5. The normalized spacial score (nSPS) is 11.8. The molecule has 0 aliphatic carbocycles. The summed E-state index contributed by atoms with van der Waals surface area (Å²) in [5.74, 6) is -0.0642. The van der Waals surface area contributed by atoms with Gasteiger partial charge in [0.05, 0.1) is 23.1 Å². The van der Waals surface area contributed by atoms with Crippen LogP contribution in [0.4, 0.5) is 13.2 Å². The summed E-state index contributed by atoms with van der Waals surface area (Å²) >= 11 is 6.10. The number of nitrogens with zero attached hydrogens (tertiary/aromatic N) is 6. The maximum atomic E-state index is 14.0. The number of aryl methyl sites for hydroxylation is 2. The molecular weight excluding hydrogens is 405 g/mol. The van der Waals surface area contributed by atoms with E-state index >= 15 is 0 Å². The number of benzene rings is 2. The molecule has 29 heavy (non-hydrogen) atoms. The Morgan fingerprint density at radius 2 is 1.62 bits per heavy atom. The fourth-order valence-electron chi connectivity index (χ4n) is 2.91. The SMILES string of the molecule is Cc1ccc(-n2nnnc2-c2cnn(-c3ccc(C)c(Cl)c3)c2C(F)(F)F)cc1. The Balaban J connectivity index is 1.91. The fraction of sp³-hybridized carbons (Fsp3) is 0.158. The molecule has 0 aliphatic rings. The summed E-state index contributed by atoms with van der Waals surface area (Å²) in [6.45, 7) is 3.67. The summed E-state index contributed by atoms with van der Waals surface area (Å²) in [4.78, 5) is 0. The van der Waals surface area contributed by atoms with Crippen molar-refractivity contribution in [2.24, 2.45) is 0 Å².